The average molecular weight is 499 g/mol. The molecule has 1 amide bonds. The van der Waals surface area contributed by atoms with Crippen molar-refractivity contribution < 1.29 is 9.53 Å². The quantitative estimate of drug-likeness (QED) is 0.418. The van der Waals surface area contributed by atoms with Gasteiger partial charge in [0.15, 0.2) is 0 Å². The van der Waals surface area contributed by atoms with Gasteiger partial charge in [0.2, 0.25) is 0 Å². The number of rotatable bonds is 9. The van der Waals surface area contributed by atoms with E-state index in [1.807, 2.05) is 19.1 Å². The zero-order chi connectivity index (χ0) is 26.4. The number of amides is 1. The van der Waals surface area contributed by atoms with Gasteiger partial charge in [-0.15, -0.1) is 0 Å². The maximum absolute atomic E-state index is 13.0. The lowest BCUT2D eigenvalue weighted by Gasteiger charge is -2.39. The fraction of sp³-hybridized carbons (Fsp3) is 0.379. The van der Waals surface area contributed by atoms with Crippen LogP contribution >= 0.6 is 0 Å². The molecular weight excluding hydrogens is 464 g/mol. The van der Waals surface area contributed by atoms with Gasteiger partial charge in [-0.3, -0.25) is 4.79 Å². The van der Waals surface area contributed by atoms with Crippen molar-refractivity contribution in [3.05, 3.63) is 72.3 Å². The topological polar surface area (TPSA) is 103 Å². The van der Waals surface area contributed by atoms with Crippen molar-refractivity contribution in [2.75, 3.05) is 32.6 Å². The number of benzene rings is 2. The van der Waals surface area contributed by atoms with Gasteiger partial charge in [0, 0.05) is 41.7 Å². The third-order valence-electron chi connectivity index (χ3n) is 7.06. The molecule has 4 rings (SSSR count). The lowest BCUT2D eigenvalue weighted by Crippen LogP contribution is -2.46. The molecule has 1 aliphatic rings. The molecule has 0 unspecified atom stereocenters. The minimum atomic E-state index is -0.183. The highest BCUT2D eigenvalue weighted by Gasteiger charge is 2.34. The van der Waals surface area contributed by atoms with Crippen LogP contribution < -0.4 is 15.4 Å². The van der Waals surface area contributed by atoms with Gasteiger partial charge >= 0.3 is 0 Å². The zero-order valence-electron chi connectivity index (χ0n) is 21.7. The summed E-state index contributed by atoms with van der Waals surface area (Å²) < 4.78 is 5.92. The van der Waals surface area contributed by atoms with E-state index in [-0.39, 0.29) is 17.9 Å². The number of aromatic nitrogens is 2. The Morgan fingerprint density at radius 2 is 2.05 bits per heavy atom. The number of carbonyl (C=O) groups is 1. The summed E-state index contributed by atoms with van der Waals surface area (Å²) in [6.07, 6.45) is 5.77. The molecule has 192 valence electrons. The first-order valence-corrected chi connectivity index (χ1v) is 12.7. The molecule has 3 atom stereocenters. The molecule has 3 aromatic rings. The number of nitrogens with zero attached hydrogens (tertiary/aromatic N) is 4. The number of hydrogen-bond acceptors (Lipinski definition) is 7. The normalized spacial score (nSPS) is 19.3. The van der Waals surface area contributed by atoms with E-state index >= 15 is 0 Å². The van der Waals surface area contributed by atoms with Gasteiger partial charge in [0.05, 0.1) is 18.4 Å². The molecule has 2 N–H and O–H groups in total. The number of anilines is 1. The van der Waals surface area contributed by atoms with Crippen LogP contribution in [0.3, 0.4) is 0 Å². The minimum absolute atomic E-state index is 0.0269. The van der Waals surface area contributed by atoms with Crippen molar-refractivity contribution in [2.45, 2.75) is 44.2 Å². The first-order chi connectivity index (χ1) is 17.9. The number of fused-ring (bicyclic) bond motifs is 1. The fourth-order valence-electron chi connectivity index (χ4n) is 5.07. The first kappa shape index (κ1) is 26.1. The van der Waals surface area contributed by atoms with Crippen molar-refractivity contribution in [1.82, 2.24) is 20.2 Å². The third kappa shape index (κ3) is 6.07. The van der Waals surface area contributed by atoms with Crippen molar-refractivity contribution in [3.8, 4) is 11.8 Å². The van der Waals surface area contributed by atoms with Crippen LogP contribution in [0.5, 0.6) is 5.75 Å². The summed E-state index contributed by atoms with van der Waals surface area (Å²) in [7, 11) is 4.22. The number of ether oxygens (including phenoxy) is 1. The predicted octanol–water partition coefficient (Wildman–Crippen LogP) is 4.52. The molecule has 1 saturated carbocycles. The van der Waals surface area contributed by atoms with Gasteiger partial charge in [0.25, 0.3) is 5.91 Å². The number of carbonyl (C=O) groups excluding carboxylic acids is 1. The van der Waals surface area contributed by atoms with Crippen LogP contribution in [0.1, 0.15) is 48.2 Å². The zero-order valence-corrected chi connectivity index (χ0v) is 21.7. The van der Waals surface area contributed by atoms with Crippen LogP contribution in [-0.4, -0.2) is 60.1 Å². The van der Waals surface area contributed by atoms with Crippen LogP contribution in [0.25, 0.3) is 10.8 Å². The Hall–Kier alpha value is -3.96. The van der Waals surface area contributed by atoms with Gasteiger partial charge < -0.3 is 20.3 Å². The Morgan fingerprint density at radius 1 is 1.24 bits per heavy atom. The van der Waals surface area contributed by atoms with E-state index in [9.17, 15) is 10.1 Å². The number of hydrogen-bond donors (Lipinski definition) is 2. The summed E-state index contributed by atoms with van der Waals surface area (Å²) in [4.78, 5) is 23.3. The molecule has 8 nitrogen and oxygen atoms in total. The molecule has 0 saturated heterocycles. The predicted molar refractivity (Wildman–Crippen MR) is 146 cm³/mol. The van der Waals surface area contributed by atoms with Gasteiger partial charge in [-0.25, -0.2) is 9.97 Å². The SMILES string of the molecule is C=C(C#N)CNc1c(OCC)ccc2ccc([C@H]3C[C@H](N(C)C)CC[C@H]3NC(=O)c3ccncn3)cc12. The van der Waals surface area contributed by atoms with Gasteiger partial charge in [-0.2, -0.15) is 5.26 Å². The summed E-state index contributed by atoms with van der Waals surface area (Å²) >= 11 is 0. The summed E-state index contributed by atoms with van der Waals surface area (Å²) in [5.41, 5.74) is 2.82. The fourth-order valence-corrected chi connectivity index (χ4v) is 5.07. The molecule has 1 fully saturated rings. The average Bonchev–Trinajstić information content (AvgIpc) is 2.92. The van der Waals surface area contributed by atoms with Crippen LogP contribution in [-0.2, 0) is 0 Å². The van der Waals surface area contributed by atoms with E-state index in [0.717, 1.165) is 47.0 Å². The summed E-state index contributed by atoms with van der Waals surface area (Å²) in [5.74, 6) is 0.674. The largest absolute Gasteiger partial charge is 0.492 e. The highest BCUT2D eigenvalue weighted by Crippen LogP contribution is 2.39. The van der Waals surface area contributed by atoms with E-state index < -0.39 is 0 Å². The monoisotopic (exact) mass is 498 g/mol. The Labute approximate surface area is 218 Å². The summed E-state index contributed by atoms with van der Waals surface area (Å²) in [6, 6.07) is 14.6. The molecule has 1 aromatic heterocycles. The number of nitriles is 1. The Bertz CT molecular complexity index is 1300. The van der Waals surface area contributed by atoms with E-state index in [0.29, 0.717) is 30.5 Å². The molecule has 0 spiro atoms. The van der Waals surface area contributed by atoms with Gasteiger partial charge in [-0.1, -0.05) is 24.8 Å². The molecule has 0 bridgehead atoms. The van der Waals surface area contributed by atoms with Crippen molar-refractivity contribution in [2.24, 2.45) is 0 Å². The molecular formula is C29H34N6O2. The van der Waals surface area contributed by atoms with Crippen molar-refractivity contribution >= 4 is 22.4 Å². The first-order valence-electron chi connectivity index (χ1n) is 12.7. The Balaban J connectivity index is 1.72. The second-order valence-electron chi connectivity index (χ2n) is 9.63. The van der Waals surface area contributed by atoms with Crippen molar-refractivity contribution in [3.63, 3.8) is 0 Å². The molecule has 0 radical (unpaired) electrons. The van der Waals surface area contributed by atoms with E-state index in [1.54, 1.807) is 12.3 Å². The van der Waals surface area contributed by atoms with E-state index in [1.165, 1.54) is 6.33 Å². The third-order valence-corrected chi connectivity index (χ3v) is 7.06. The lowest BCUT2D eigenvalue weighted by molar-refractivity contribution is 0.0898. The molecule has 1 heterocycles. The van der Waals surface area contributed by atoms with Crippen molar-refractivity contribution in [1.29, 1.82) is 5.26 Å². The molecule has 8 heteroatoms. The van der Waals surface area contributed by atoms with Crippen LogP contribution in [0, 0.1) is 11.3 Å². The highest BCUT2D eigenvalue weighted by atomic mass is 16.5. The Kier molecular flexibility index (Phi) is 8.36. The van der Waals surface area contributed by atoms with Gasteiger partial charge in [0.1, 0.15) is 17.8 Å². The molecule has 37 heavy (non-hydrogen) atoms. The van der Waals surface area contributed by atoms with Gasteiger partial charge in [-0.05, 0) is 69.4 Å². The van der Waals surface area contributed by atoms with Crippen LogP contribution in [0.2, 0.25) is 0 Å². The Morgan fingerprint density at radius 3 is 2.76 bits per heavy atom. The smallest absolute Gasteiger partial charge is 0.270 e. The summed E-state index contributed by atoms with van der Waals surface area (Å²) in [6.45, 7) is 6.62. The number of nitrogens with one attached hydrogen (secondary N) is 2. The minimum Gasteiger partial charge on any atom is -0.492 e. The molecule has 1 aliphatic carbocycles. The standard InChI is InChI=1S/C29H34N6O2/c1-5-37-27-11-8-20-6-7-21(14-24(20)28(27)32-17-19(2)16-30)23-15-22(35(3)4)9-10-25(23)34-29(36)26-12-13-31-18-33-26/h6-8,11-14,18,22-23,25,32H,2,5,9-10,15,17H2,1,3-4H3,(H,34,36)/t22-,23-,25-/m1/s1. The highest BCUT2D eigenvalue weighted by molar-refractivity contribution is 5.97. The lowest BCUT2D eigenvalue weighted by atomic mass is 9.76. The molecule has 0 aliphatic heterocycles. The van der Waals surface area contributed by atoms with Crippen LogP contribution in [0.15, 0.2) is 61.1 Å². The van der Waals surface area contributed by atoms with E-state index in [2.05, 4.69) is 70.4 Å². The van der Waals surface area contributed by atoms with Crippen LogP contribution in [0.4, 0.5) is 5.69 Å². The maximum Gasteiger partial charge on any atom is 0.270 e. The molecule has 2 aromatic carbocycles. The second kappa shape index (κ2) is 11.8. The summed E-state index contributed by atoms with van der Waals surface area (Å²) in [5, 5.41) is 17.9. The maximum atomic E-state index is 13.0. The second-order valence-corrected chi connectivity index (χ2v) is 9.63. The van der Waals surface area contributed by atoms with E-state index in [4.69, 9.17) is 4.74 Å².